The Morgan fingerprint density at radius 3 is 2.54 bits per heavy atom. The first-order valence-corrected chi connectivity index (χ1v) is 16.9. The lowest BCUT2D eigenvalue weighted by Gasteiger charge is -2.32. The van der Waals surface area contributed by atoms with E-state index >= 15 is 0 Å². The quantitative estimate of drug-likeness (QED) is 0.197. The molecule has 1 amide bonds. The van der Waals surface area contributed by atoms with Gasteiger partial charge in [-0.25, -0.2) is 13.4 Å². The molecule has 3 aromatic carbocycles. The SMILES string of the molecule is CCOc1cc(C(Nc2ccc3c(N)nccc3c2)C(=O)N2CCC(C(=O)O)C2c2ccccc2S(C)(=O)=O)ccc1OC(C)C. The van der Waals surface area contributed by atoms with E-state index in [1.807, 2.05) is 39.0 Å². The van der Waals surface area contributed by atoms with Crippen LogP contribution in [0, 0.1) is 5.92 Å². The number of hydrogen-bond acceptors (Lipinski definition) is 9. The van der Waals surface area contributed by atoms with Crippen molar-refractivity contribution in [1.29, 1.82) is 0 Å². The molecule has 4 N–H and O–H groups in total. The first-order valence-electron chi connectivity index (χ1n) is 15.1. The third-order valence-corrected chi connectivity index (χ3v) is 9.12. The molecule has 4 aromatic rings. The van der Waals surface area contributed by atoms with Crippen LogP contribution in [-0.2, 0) is 19.4 Å². The summed E-state index contributed by atoms with van der Waals surface area (Å²) in [4.78, 5) is 32.8. The number of aromatic nitrogens is 1. The predicted molar refractivity (Wildman–Crippen MR) is 176 cm³/mol. The minimum Gasteiger partial charge on any atom is -0.490 e. The van der Waals surface area contributed by atoms with Gasteiger partial charge in [0.25, 0.3) is 0 Å². The van der Waals surface area contributed by atoms with Crippen molar-refractivity contribution in [2.24, 2.45) is 5.92 Å². The molecule has 0 aliphatic carbocycles. The Morgan fingerprint density at radius 2 is 1.85 bits per heavy atom. The van der Waals surface area contributed by atoms with Crippen LogP contribution in [0.15, 0.2) is 77.8 Å². The molecule has 1 aliphatic rings. The molecule has 46 heavy (non-hydrogen) atoms. The Balaban J connectivity index is 1.63. The Labute approximate surface area is 268 Å². The van der Waals surface area contributed by atoms with Crippen molar-refractivity contribution in [3.8, 4) is 11.5 Å². The van der Waals surface area contributed by atoms with Crippen LogP contribution in [0.2, 0.25) is 0 Å². The maximum absolute atomic E-state index is 14.7. The normalized spacial score (nSPS) is 17.2. The molecule has 12 heteroatoms. The lowest BCUT2D eigenvalue weighted by Crippen LogP contribution is -2.39. The van der Waals surface area contributed by atoms with Gasteiger partial charge < -0.3 is 30.5 Å². The number of ether oxygens (including phenoxy) is 2. The summed E-state index contributed by atoms with van der Waals surface area (Å²) in [5.74, 6) is -1.19. The highest BCUT2D eigenvalue weighted by Gasteiger charge is 2.45. The van der Waals surface area contributed by atoms with Crippen LogP contribution >= 0.6 is 0 Å². The van der Waals surface area contributed by atoms with Gasteiger partial charge in [-0.3, -0.25) is 9.59 Å². The Kier molecular flexibility index (Phi) is 9.38. The second-order valence-electron chi connectivity index (χ2n) is 11.5. The number of nitrogens with zero attached hydrogens (tertiary/aromatic N) is 2. The van der Waals surface area contributed by atoms with Crippen LogP contribution in [0.4, 0.5) is 11.5 Å². The molecular weight excluding hydrogens is 608 g/mol. The number of carbonyl (C=O) groups excluding carboxylic acids is 1. The molecule has 242 valence electrons. The fraction of sp³-hybridized carbons (Fsp3) is 0.324. The number of aliphatic carboxylic acids is 1. The molecule has 5 rings (SSSR count). The number of benzene rings is 3. The lowest BCUT2D eigenvalue weighted by molar-refractivity contribution is -0.143. The summed E-state index contributed by atoms with van der Waals surface area (Å²) in [6.07, 6.45) is 2.72. The topological polar surface area (TPSA) is 161 Å². The number of hydrogen-bond donors (Lipinski definition) is 3. The number of likely N-dealkylation sites (tertiary alicyclic amines) is 1. The number of carboxylic acids is 1. The van der Waals surface area contributed by atoms with Crippen molar-refractivity contribution in [3.05, 3.63) is 84.1 Å². The number of rotatable bonds is 11. The third-order valence-electron chi connectivity index (χ3n) is 7.95. The Hall–Kier alpha value is -4.84. The molecule has 2 heterocycles. The van der Waals surface area contributed by atoms with Gasteiger partial charge in [0.15, 0.2) is 21.3 Å². The van der Waals surface area contributed by atoms with Crippen LogP contribution in [0.1, 0.15) is 50.4 Å². The van der Waals surface area contributed by atoms with E-state index in [1.54, 1.807) is 48.7 Å². The number of nitrogen functional groups attached to an aromatic ring is 1. The molecule has 0 spiro atoms. The number of fused-ring (bicyclic) bond motifs is 1. The van der Waals surface area contributed by atoms with Gasteiger partial charge in [-0.2, -0.15) is 0 Å². The van der Waals surface area contributed by atoms with E-state index in [4.69, 9.17) is 15.2 Å². The molecule has 0 saturated carbocycles. The number of carbonyl (C=O) groups is 2. The van der Waals surface area contributed by atoms with Crippen LogP contribution in [-0.4, -0.2) is 60.8 Å². The van der Waals surface area contributed by atoms with E-state index in [1.165, 1.54) is 11.0 Å². The van der Waals surface area contributed by atoms with Gasteiger partial charge in [-0.05, 0) is 86.2 Å². The molecule has 1 aromatic heterocycles. The highest BCUT2D eigenvalue weighted by atomic mass is 32.2. The third kappa shape index (κ3) is 6.71. The first-order chi connectivity index (χ1) is 21.9. The lowest BCUT2D eigenvalue weighted by atomic mass is 9.93. The van der Waals surface area contributed by atoms with Gasteiger partial charge in [0, 0.05) is 30.1 Å². The minimum atomic E-state index is -3.73. The largest absolute Gasteiger partial charge is 0.490 e. The molecule has 0 radical (unpaired) electrons. The number of nitrogens with one attached hydrogen (secondary N) is 1. The van der Waals surface area contributed by atoms with Crippen molar-refractivity contribution in [2.75, 3.05) is 30.5 Å². The summed E-state index contributed by atoms with van der Waals surface area (Å²) in [5.41, 5.74) is 7.49. The first kappa shape index (κ1) is 32.6. The zero-order valence-electron chi connectivity index (χ0n) is 26.1. The Bertz CT molecular complexity index is 1880. The number of anilines is 2. The van der Waals surface area contributed by atoms with E-state index in [0.717, 1.165) is 17.0 Å². The molecule has 0 bridgehead atoms. The molecule has 3 atom stereocenters. The van der Waals surface area contributed by atoms with Crippen molar-refractivity contribution in [1.82, 2.24) is 9.88 Å². The zero-order chi connectivity index (χ0) is 33.2. The summed E-state index contributed by atoms with van der Waals surface area (Å²) >= 11 is 0. The van der Waals surface area contributed by atoms with E-state index in [2.05, 4.69) is 10.3 Å². The summed E-state index contributed by atoms with van der Waals surface area (Å²) in [6.45, 7) is 6.13. The summed E-state index contributed by atoms with van der Waals surface area (Å²) in [5, 5.41) is 15.1. The average molecular weight is 647 g/mol. The monoisotopic (exact) mass is 646 g/mol. The van der Waals surface area contributed by atoms with Crippen molar-refractivity contribution in [3.63, 3.8) is 0 Å². The van der Waals surface area contributed by atoms with Crippen molar-refractivity contribution < 1.29 is 32.6 Å². The number of carboxylic acid groups (broad SMARTS) is 1. The molecule has 1 aliphatic heterocycles. The highest BCUT2D eigenvalue weighted by Crippen LogP contribution is 2.43. The second-order valence-corrected chi connectivity index (χ2v) is 13.5. The summed E-state index contributed by atoms with van der Waals surface area (Å²) in [7, 11) is -3.73. The van der Waals surface area contributed by atoms with Crippen LogP contribution in [0.5, 0.6) is 11.5 Å². The smallest absolute Gasteiger partial charge is 0.309 e. The van der Waals surface area contributed by atoms with E-state index in [0.29, 0.717) is 35.2 Å². The zero-order valence-corrected chi connectivity index (χ0v) is 27.0. The fourth-order valence-corrected chi connectivity index (χ4v) is 6.92. The van der Waals surface area contributed by atoms with Gasteiger partial charge in [0.1, 0.15) is 11.9 Å². The molecule has 3 unspecified atom stereocenters. The van der Waals surface area contributed by atoms with Crippen LogP contribution in [0.25, 0.3) is 10.8 Å². The molecule has 11 nitrogen and oxygen atoms in total. The van der Waals surface area contributed by atoms with Crippen LogP contribution < -0.4 is 20.5 Å². The number of sulfone groups is 1. The van der Waals surface area contributed by atoms with Gasteiger partial charge in [-0.1, -0.05) is 24.3 Å². The highest BCUT2D eigenvalue weighted by molar-refractivity contribution is 7.90. The number of amides is 1. The maximum Gasteiger partial charge on any atom is 0.309 e. The summed E-state index contributed by atoms with van der Waals surface area (Å²) < 4.78 is 37.4. The van der Waals surface area contributed by atoms with Gasteiger partial charge in [0.05, 0.1) is 29.6 Å². The predicted octanol–water partition coefficient (Wildman–Crippen LogP) is 5.23. The number of pyridine rings is 1. The van der Waals surface area contributed by atoms with E-state index < -0.39 is 39.7 Å². The van der Waals surface area contributed by atoms with Crippen LogP contribution in [0.3, 0.4) is 0 Å². The fourth-order valence-electron chi connectivity index (χ4n) is 5.98. The van der Waals surface area contributed by atoms with Gasteiger partial charge in [-0.15, -0.1) is 0 Å². The Morgan fingerprint density at radius 1 is 1.09 bits per heavy atom. The van der Waals surface area contributed by atoms with E-state index in [9.17, 15) is 23.1 Å². The summed E-state index contributed by atoms with van der Waals surface area (Å²) in [6, 6.07) is 16.8. The second kappa shape index (κ2) is 13.3. The minimum absolute atomic E-state index is 0.00925. The average Bonchev–Trinajstić information content (AvgIpc) is 3.46. The van der Waals surface area contributed by atoms with E-state index in [-0.39, 0.29) is 29.5 Å². The number of nitrogens with two attached hydrogens (primary N) is 1. The van der Waals surface area contributed by atoms with Crippen molar-refractivity contribution in [2.45, 2.75) is 50.3 Å². The van der Waals surface area contributed by atoms with Gasteiger partial charge >= 0.3 is 5.97 Å². The maximum atomic E-state index is 14.7. The van der Waals surface area contributed by atoms with Crippen molar-refractivity contribution >= 4 is 44.0 Å². The molecule has 1 fully saturated rings. The molecule has 1 saturated heterocycles. The molecular formula is C34H38N4O7S. The standard InChI is InChI=1S/C34H38N4O7S/c1-5-44-28-19-22(10-13-27(28)45-20(2)3)30(37-23-11-12-24-21(18-23)14-16-36-32(24)35)33(39)38-17-15-26(34(40)41)31(38)25-8-6-7-9-29(25)46(4,42)43/h6-14,16,18-20,26,30-31,37H,5,15,17H2,1-4H3,(H2,35,36)(H,40,41). The van der Waals surface area contributed by atoms with Gasteiger partial charge in [0.2, 0.25) is 5.91 Å².